The normalized spacial score (nSPS) is 12.2. The van der Waals surface area contributed by atoms with Crippen LogP contribution in [0.3, 0.4) is 0 Å². The molecule has 0 bridgehead atoms. The van der Waals surface area contributed by atoms with Crippen molar-refractivity contribution in [2.45, 2.75) is 32.6 Å². The summed E-state index contributed by atoms with van der Waals surface area (Å²) in [7, 11) is 0. The maximum Gasteiger partial charge on any atom is 0.336 e. The quantitative estimate of drug-likeness (QED) is 0.457. The van der Waals surface area contributed by atoms with E-state index in [2.05, 4.69) is 43.2 Å². The smallest absolute Gasteiger partial charge is 0.336 e. The summed E-state index contributed by atoms with van der Waals surface area (Å²) in [5.74, 6) is -0.433. The van der Waals surface area contributed by atoms with Gasteiger partial charge in [-0.1, -0.05) is 62.4 Å². The lowest BCUT2D eigenvalue weighted by atomic mass is 9.94. The van der Waals surface area contributed by atoms with Crippen molar-refractivity contribution in [2.24, 2.45) is 0 Å². The summed E-state index contributed by atoms with van der Waals surface area (Å²) in [6, 6.07) is 19.5. The summed E-state index contributed by atoms with van der Waals surface area (Å²) >= 11 is 0. The highest BCUT2D eigenvalue weighted by atomic mass is 16.4. The number of nitrogens with zero attached hydrogens (tertiary/aromatic N) is 2. The van der Waals surface area contributed by atoms with Crippen LogP contribution in [0.25, 0.3) is 16.6 Å². The van der Waals surface area contributed by atoms with Gasteiger partial charge in [0.2, 0.25) is 0 Å². The van der Waals surface area contributed by atoms with E-state index in [1.807, 2.05) is 41.2 Å². The predicted molar refractivity (Wildman–Crippen MR) is 116 cm³/mol. The lowest BCUT2D eigenvalue weighted by Gasteiger charge is -2.12. The molecule has 2 aromatic carbocycles. The van der Waals surface area contributed by atoms with E-state index in [9.17, 15) is 9.90 Å². The fraction of sp³-hybridized carbons (Fsp3) is 0.200. The predicted octanol–water partition coefficient (Wildman–Crippen LogP) is 5.80. The second-order valence-corrected chi connectivity index (χ2v) is 7.46. The molecule has 2 heterocycles. The van der Waals surface area contributed by atoms with E-state index in [0.29, 0.717) is 11.5 Å². The fourth-order valence-electron chi connectivity index (χ4n) is 3.83. The lowest BCUT2D eigenvalue weighted by Crippen LogP contribution is -1.99. The van der Waals surface area contributed by atoms with Crippen molar-refractivity contribution in [3.05, 3.63) is 95.3 Å². The van der Waals surface area contributed by atoms with Gasteiger partial charge in [0, 0.05) is 18.2 Å². The van der Waals surface area contributed by atoms with Gasteiger partial charge in [-0.15, -0.1) is 0 Å². The number of carbonyl (C=O) groups is 1. The summed E-state index contributed by atoms with van der Waals surface area (Å²) in [4.78, 5) is 11.5. The first kappa shape index (κ1) is 18.9. The van der Waals surface area contributed by atoms with Gasteiger partial charge in [-0.2, -0.15) is 5.10 Å². The van der Waals surface area contributed by atoms with Crippen molar-refractivity contribution in [1.82, 2.24) is 9.61 Å². The molecule has 4 aromatic rings. The van der Waals surface area contributed by atoms with E-state index < -0.39 is 5.97 Å². The number of fused-ring (bicyclic) bond motifs is 1. The third kappa shape index (κ3) is 3.66. The van der Waals surface area contributed by atoms with Gasteiger partial charge in [-0.25, -0.2) is 9.31 Å². The van der Waals surface area contributed by atoms with Crippen LogP contribution in [-0.2, 0) is 6.42 Å². The highest BCUT2D eigenvalue weighted by molar-refractivity contribution is 5.96. The average molecular weight is 384 g/mol. The Kier molecular flexibility index (Phi) is 5.17. The molecule has 4 heteroatoms. The minimum absolute atomic E-state index is 0.320. The minimum atomic E-state index is -0.909. The first-order valence-electron chi connectivity index (χ1n) is 9.95. The van der Waals surface area contributed by atoms with Crippen LogP contribution in [0.5, 0.6) is 0 Å². The van der Waals surface area contributed by atoms with E-state index in [1.54, 1.807) is 12.1 Å². The summed E-state index contributed by atoms with van der Waals surface area (Å²) in [5, 5.41) is 14.0. The van der Waals surface area contributed by atoms with Crippen molar-refractivity contribution < 1.29 is 9.90 Å². The SMILES string of the molecule is CCC(C)c1cccn2ncc(Cc3ccc(-c4ccccc4C(=O)O)cc3)c12. The van der Waals surface area contributed by atoms with Crippen molar-refractivity contribution >= 4 is 11.5 Å². The molecule has 0 saturated heterocycles. The molecule has 29 heavy (non-hydrogen) atoms. The lowest BCUT2D eigenvalue weighted by molar-refractivity contribution is 0.0697. The molecule has 146 valence electrons. The molecule has 0 saturated carbocycles. The van der Waals surface area contributed by atoms with E-state index in [0.717, 1.165) is 24.0 Å². The van der Waals surface area contributed by atoms with Crippen LogP contribution >= 0.6 is 0 Å². The van der Waals surface area contributed by atoms with Crippen LogP contribution in [0.2, 0.25) is 0 Å². The Morgan fingerprint density at radius 1 is 1.07 bits per heavy atom. The van der Waals surface area contributed by atoms with Gasteiger partial charge in [0.15, 0.2) is 0 Å². The first-order chi connectivity index (χ1) is 14.1. The Labute approximate surface area is 170 Å². The minimum Gasteiger partial charge on any atom is -0.478 e. The van der Waals surface area contributed by atoms with Crippen LogP contribution in [0.15, 0.2) is 73.1 Å². The topological polar surface area (TPSA) is 54.6 Å². The Morgan fingerprint density at radius 2 is 1.83 bits per heavy atom. The molecule has 0 aliphatic rings. The Bertz CT molecular complexity index is 1160. The number of carboxylic acids is 1. The second-order valence-electron chi connectivity index (χ2n) is 7.46. The maximum atomic E-state index is 11.5. The van der Waals surface area contributed by atoms with Crippen LogP contribution < -0.4 is 0 Å². The number of hydrogen-bond acceptors (Lipinski definition) is 2. The highest BCUT2D eigenvalue weighted by Gasteiger charge is 2.14. The van der Waals surface area contributed by atoms with E-state index in [-0.39, 0.29) is 0 Å². The molecule has 4 rings (SSSR count). The van der Waals surface area contributed by atoms with Gasteiger partial charge in [-0.3, -0.25) is 0 Å². The molecule has 4 nitrogen and oxygen atoms in total. The Hall–Kier alpha value is -3.40. The molecule has 0 aliphatic carbocycles. The summed E-state index contributed by atoms with van der Waals surface area (Å²) in [6.07, 6.45) is 5.82. The summed E-state index contributed by atoms with van der Waals surface area (Å²) < 4.78 is 1.97. The third-order valence-electron chi connectivity index (χ3n) is 5.61. The van der Waals surface area contributed by atoms with Crippen molar-refractivity contribution in [3.63, 3.8) is 0 Å². The number of benzene rings is 2. The number of aromatic carboxylic acids is 1. The highest BCUT2D eigenvalue weighted by Crippen LogP contribution is 2.28. The maximum absolute atomic E-state index is 11.5. The zero-order chi connectivity index (χ0) is 20.4. The zero-order valence-electron chi connectivity index (χ0n) is 16.7. The number of hydrogen-bond donors (Lipinski definition) is 1. The van der Waals surface area contributed by atoms with E-state index >= 15 is 0 Å². The molecule has 0 aliphatic heterocycles. The summed E-state index contributed by atoms with van der Waals surface area (Å²) in [5.41, 5.74) is 6.88. The first-order valence-corrected chi connectivity index (χ1v) is 9.95. The Balaban J connectivity index is 1.66. The van der Waals surface area contributed by atoms with Crippen LogP contribution in [0.1, 0.15) is 53.2 Å². The van der Waals surface area contributed by atoms with E-state index in [4.69, 9.17) is 0 Å². The second kappa shape index (κ2) is 7.92. The van der Waals surface area contributed by atoms with Gasteiger partial charge in [0.25, 0.3) is 0 Å². The molecule has 2 aromatic heterocycles. The molecule has 0 amide bonds. The standard InChI is InChI=1S/C25H24N2O2/c1-3-17(2)21-9-6-14-27-24(21)20(16-26-27)15-18-10-12-19(13-11-18)22-7-4-5-8-23(22)25(28)29/h4-14,16-17H,3,15H2,1-2H3,(H,28,29). The monoisotopic (exact) mass is 384 g/mol. The fourth-order valence-corrected chi connectivity index (χ4v) is 3.83. The molecular formula is C25H24N2O2. The molecule has 1 atom stereocenters. The molecule has 0 spiro atoms. The molecule has 0 radical (unpaired) electrons. The van der Waals surface area contributed by atoms with Crippen molar-refractivity contribution in [3.8, 4) is 11.1 Å². The van der Waals surface area contributed by atoms with Crippen LogP contribution in [-0.4, -0.2) is 20.7 Å². The van der Waals surface area contributed by atoms with Crippen molar-refractivity contribution in [2.75, 3.05) is 0 Å². The van der Waals surface area contributed by atoms with Gasteiger partial charge < -0.3 is 5.11 Å². The number of pyridine rings is 1. The van der Waals surface area contributed by atoms with Crippen LogP contribution in [0.4, 0.5) is 0 Å². The number of aromatic nitrogens is 2. The third-order valence-corrected chi connectivity index (χ3v) is 5.61. The Morgan fingerprint density at radius 3 is 2.55 bits per heavy atom. The molecule has 1 N–H and O–H groups in total. The molecule has 1 unspecified atom stereocenters. The van der Waals surface area contributed by atoms with Gasteiger partial charge in [-0.05, 0) is 46.7 Å². The molecular weight excluding hydrogens is 360 g/mol. The molecule has 0 fully saturated rings. The van der Waals surface area contributed by atoms with Gasteiger partial charge >= 0.3 is 5.97 Å². The van der Waals surface area contributed by atoms with Gasteiger partial charge in [0.1, 0.15) is 0 Å². The summed E-state index contributed by atoms with van der Waals surface area (Å²) in [6.45, 7) is 4.46. The van der Waals surface area contributed by atoms with Gasteiger partial charge in [0.05, 0.1) is 17.3 Å². The van der Waals surface area contributed by atoms with Crippen molar-refractivity contribution in [1.29, 1.82) is 0 Å². The number of carboxylic acid groups (broad SMARTS) is 1. The van der Waals surface area contributed by atoms with E-state index in [1.165, 1.54) is 22.2 Å². The average Bonchev–Trinajstić information content (AvgIpc) is 3.16. The van der Waals surface area contributed by atoms with Crippen LogP contribution in [0, 0.1) is 0 Å². The number of rotatable bonds is 6. The zero-order valence-corrected chi connectivity index (χ0v) is 16.7. The largest absolute Gasteiger partial charge is 0.478 e.